The monoisotopic (exact) mass is 372 g/mol. The molecule has 0 saturated carbocycles. The zero-order valence-corrected chi connectivity index (χ0v) is 13.9. The number of rotatable bonds is 7. The molecule has 0 radical (unpaired) electrons. The van der Waals surface area contributed by atoms with Gasteiger partial charge >= 0.3 is 11.9 Å². The maximum absolute atomic E-state index is 12.3. The van der Waals surface area contributed by atoms with Gasteiger partial charge in [-0.1, -0.05) is 18.2 Å². The first-order valence-electron chi connectivity index (χ1n) is 7.72. The molecule has 0 aliphatic heterocycles. The van der Waals surface area contributed by atoms with Gasteiger partial charge in [-0.25, -0.2) is 0 Å². The molecule has 9 heteroatoms. The van der Waals surface area contributed by atoms with Gasteiger partial charge < -0.3 is 26.0 Å². The van der Waals surface area contributed by atoms with Crippen molar-refractivity contribution in [1.29, 1.82) is 0 Å². The molecular weight excluding hydrogens is 356 g/mol. The van der Waals surface area contributed by atoms with Crippen molar-refractivity contribution in [2.75, 3.05) is 13.1 Å². The number of nitrogens with one attached hydrogen (secondary N) is 2. The van der Waals surface area contributed by atoms with E-state index in [1.54, 1.807) is 12.1 Å². The van der Waals surface area contributed by atoms with Crippen molar-refractivity contribution >= 4 is 23.8 Å². The van der Waals surface area contributed by atoms with E-state index in [2.05, 4.69) is 10.6 Å². The molecule has 2 amide bonds. The van der Waals surface area contributed by atoms with Crippen LogP contribution >= 0.6 is 0 Å². The van der Waals surface area contributed by atoms with E-state index < -0.39 is 36.8 Å². The van der Waals surface area contributed by atoms with Crippen LogP contribution < -0.4 is 10.6 Å². The van der Waals surface area contributed by atoms with Gasteiger partial charge in [0.15, 0.2) is 0 Å². The van der Waals surface area contributed by atoms with Crippen molar-refractivity contribution in [1.82, 2.24) is 10.6 Å². The fraction of sp³-hybridized carbons (Fsp3) is 0.111. The van der Waals surface area contributed by atoms with Gasteiger partial charge in [0, 0.05) is 11.1 Å². The zero-order chi connectivity index (χ0) is 20.0. The number of carbonyl (C=O) groups is 4. The second kappa shape index (κ2) is 8.48. The average Bonchev–Trinajstić information content (AvgIpc) is 2.64. The predicted molar refractivity (Wildman–Crippen MR) is 93.5 cm³/mol. The second-order valence-electron chi connectivity index (χ2n) is 5.43. The third kappa shape index (κ3) is 5.05. The quantitative estimate of drug-likeness (QED) is 0.479. The normalized spacial score (nSPS) is 10.1. The summed E-state index contributed by atoms with van der Waals surface area (Å²) < 4.78 is 0. The standard InChI is InChI=1S/C18H16N2O7/c21-10-5-6-13(18(27)20-9-16(24)25)14(7-10)11-3-1-2-4-12(11)17(26)19-8-15(22)23/h1-7,21H,8-9H2,(H,19,26)(H,20,27)(H,22,23)(H,24,25). The third-order valence-electron chi connectivity index (χ3n) is 3.51. The number of benzene rings is 2. The molecule has 0 bridgehead atoms. The Bertz CT molecular complexity index is 908. The highest BCUT2D eigenvalue weighted by Gasteiger charge is 2.19. The van der Waals surface area contributed by atoms with Crippen LogP contribution in [0.25, 0.3) is 11.1 Å². The van der Waals surface area contributed by atoms with Crippen LogP contribution in [-0.4, -0.2) is 52.2 Å². The molecule has 0 aliphatic rings. The Hall–Kier alpha value is -3.88. The molecule has 140 valence electrons. The highest BCUT2D eigenvalue weighted by atomic mass is 16.4. The topological polar surface area (TPSA) is 153 Å². The SMILES string of the molecule is O=C(O)CNC(=O)c1ccccc1-c1cc(O)ccc1C(=O)NCC(=O)O. The summed E-state index contributed by atoms with van der Waals surface area (Å²) in [5.74, 6) is -3.98. The number of carbonyl (C=O) groups excluding carboxylic acids is 2. The summed E-state index contributed by atoms with van der Waals surface area (Å²) in [5.41, 5.74) is 0.611. The van der Waals surface area contributed by atoms with E-state index >= 15 is 0 Å². The van der Waals surface area contributed by atoms with Crippen molar-refractivity contribution < 1.29 is 34.5 Å². The van der Waals surface area contributed by atoms with Crippen LogP contribution in [0.15, 0.2) is 42.5 Å². The van der Waals surface area contributed by atoms with Gasteiger partial charge in [0.05, 0.1) is 0 Å². The maximum atomic E-state index is 12.3. The number of aliphatic carboxylic acids is 2. The first-order chi connectivity index (χ1) is 12.8. The Morgan fingerprint density at radius 1 is 0.741 bits per heavy atom. The van der Waals surface area contributed by atoms with Gasteiger partial charge in [0.1, 0.15) is 18.8 Å². The Morgan fingerprint density at radius 2 is 1.26 bits per heavy atom. The zero-order valence-electron chi connectivity index (χ0n) is 13.9. The highest BCUT2D eigenvalue weighted by Crippen LogP contribution is 2.30. The van der Waals surface area contributed by atoms with Crippen molar-refractivity contribution in [3.63, 3.8) is 0 Å². The lowest BCUT2D eigenvalue weighted by atomic mass is 9.94. The van der Waals surface area contributed by atoms with E-state index in [-0.39, 0.29) is 28.0 Å². The fourth-order valence-corrected chi connectivity index (χ4v) is 2.37. The lowest BCUT2D eigenvalue weighted by Crippen LogP contribution is -2.30. The van der Waals surface area contributed by atoms with Crippen LogP contribution in [0.4, 0.5) is 0 Å². The summed E-state index contributed by atoms with van der Waals surface area (Å²) in [7, 11) is 0. The molecule has 5 N–H and O–H groups in total. The van der Waals surface area contributed by atoms with E-state index in [1.807, 2.05) is 0 Å². The summed E-state index contributed by atoms with van der Waals surface area (Å²) in [6, 6.07) is 9.95. The first-order valence-corrected chi connectivity index (χ1v) is 7.72. The molecule has 0 fully saturated rings. The number of carboxylic acid groups (broad SMARTS) is 2. The van der Waals surface area contributed by atoms with Gasteiger partial charge in [-0.05, 0) is 35.4 Å². The number of carboxylic acids is 2. The molecule has 0 atom stereocenters. The highest BCUT2D eigenvalue weighted by molar-refractivity contribution is 6.07. The lowest BCUT2D eigenvalue weighted by Gasteiger charge is -2.14. The van der Waals surface area contributed by atoms with Crippen LogP contribution in [0.1, 0.15) is 20.7 Å². The van der Waals surface area contributed by atoms with Crippen molar-refractivity contribution in [3.8, 4) is 16.9 Å². The van der Waals surface area contributed by atoms with Crippen molar-refractivity contribution in [3.05, 3.63) is 53.6 Å². The number of phenolic OH excluding ortho intramolecular Hbond substituents is 1. The lowest BCUT2D eigenvalue weighted by molar-refractivity contribution is -0.136. The molecule has 2 aromatic rings. The number of aromatic hydroxyl groups is 1. The first kappa shape index (κ1) is 19.4. The van der Waals surface area contributed by atoms with E-state index in [0.717, 1.165) is 0 Å². The summed E-state index contributed by atoms with van der Waals surface area (Å²) in [4.78, 5) is 45.9. The molecule has 0 unspecified atom stereocenters. The molecule has 0 aliphatic carbocycles. The van der Waals surface area contributed by atoms with Gasteiger partial charge in [-0.2, -0.15) is 0 Å². The summed E-state index contributed by atoms with van der Waals surface area (Å²) in [6.07, 6.45) is 0. The third-order valence-corrected chi connectivity index (χ3v) is 3.51. The average molecular weight is 372 g/mol. The van der Waals surface area contributed by atoms with Gasteiger partial charge in [0.2, 0.25) is 0 Å². The molecule has 27 heavy (non-hydrogen) atoms. The number of amides is 2. The van der Waals surface area contributed by atoms with Gasteiger partial charge in [-0.3, -0.25) is 19.2 Å². The largest absolute Gasteiger partial charge is 0.508 e. The van der Waals surface area contributed by atoms with Crippen LogP contribution in [-0.2, 0) is 9.59 Å². The molecular formula is C18H16N2O7. The van der Waals surface area contributed by atoms with Crippen molar-refractivity contribution in [2.45, 2.75) is 0 Å². The van der Waals surface area contributed by atoms with E-state index in [4.69, 9.17) is 10.2 Å². The number of hydrogen-bond donors (Lipinski definition) is 5. The molecule has 0 heterocycles. The van der Waals surface area contributed by atoms with Crippen LogP contribution in [0.5, 0.6) is 5.75 Å². The number of hydrogen-bond acceptors (Lipinski definition) is 5. The minimum Gasteiger partial charge on any atom is -0.508 e. The molecule has 0 saturated heterocycles. The summed E-state index contributed by atoms with van der Waals surface area (Å²) in [6.45, 7) is -1.18. The minimum atomic E-state index is -1.22. The summed E-state index contributed by atoms with van der Waals surface area (Å²) >= 11 is 0. The van der Waals surface area contributed by atoms with E-state index in [1.165, 1.54) is 30.3 Å². The van der Waals surface area contributed by atoms with E-state index in [9.17, 15) is 24.3 Å². The fourth-order valence-electron chi connectivity index (χ4n) is 2.37. The van der Waals surface area contributed by atoms with Crippen molar-refractivity contribution in [2.24, 2.45) is 0 Å². The van der Waals surface area contributed by atoms with Crippen LogP contribution in [0.3, 0.4) is 0 Å². The Kier molecular flexibility index (Phi) is 6.10. The van der Waals surface area contributed by atoms with Crippen LogP contribution in [0.2, 0.25) is 0 Å². The van der Waals surface area contributed by atoms with E-state index in [0.29, 0.717) is 0 Å². The Morgan fingerprint density at radius 3 is 1.81 bits per heavy atom. The smallest absolute Gasteiger partial charge is 0.322 e. The molecule has 0 aromatic heterocycles. The second-order valence-corrected chi connectivity index (χ2v) is 5.43. The van der Waals surface area contributed by atoms with Crippen LogP contribution in [0, 0.1) is 0 Å². The number of phenols is 1. The van der Waals surface area contributed by atoms with Gasteiger partial charge in [0.25, 0.3) is 11.8 Å². The Balaban J connectivity index is 2.47. The maximum Gasteiger partial charge on any atom is 0.322 e. The molecule has 2 aromatic carbocycles. The van der Waals surface area contributed by atoms with Gasteiger partial charge in [-0.15, -0.1) is 0 Å². The predicted octanol–water partition coefficient (Wildman–Crippen LogP) is 0.688. The molecule has 9 nitrogen and oxygen atoms in total. The minimum absolute atomic E-state index is 0.0486. The molecule has 0 spiro atoms. The summed E-state index contributed by atoms with van der Waals surface area (Å²) in [5, 5.41) is 31.7. The molecule has 2 rings (SSSR count). The Labute approximate surface area is 153 Å².